The lowest BCUT2D eigenvalue weighted by atomic mass is 10.0. The van der Waals surface area contributed by atoms with Crippen molar-refractivity contribution in [2.45, 2.75) is 59.4 Å². The molecule has 0 saturated heterocycles. The van der Waals surface area contributed by atoms with E-state index in [2.05, 4.69) is 62.2 Å². The minimum atomic E-state index is 0.495. The summed E-state index contributed by atoms with van der Waals surface area (Å²) in [6.07, 6.45) is 4.75. The lowest BCUT2D eigenvalue weighted by Crippen LogP contribution is -2.25. The predicted octanol–water partition coefficient (Wildman–Crippen LogP) is 4.76. The third-order valence-electron chi connectivity index (χ3n) is 3.70. The third-order valence-corrected chi connectivity index (χ3v) is 3.70. The molecule has 20 heavy (non-hydrogen) atoms. The van der Waals surface area contributed by atoms with Crippen LogP contribution in [0.4, 0.5) is 5.69 Å². The van der Waals surface area contributed by atoms with Crippen molar-refractivity contribution in [3.05, 3.63) is 29.8 Å². The van der Waals surface area contributed by atoms with Crippen LogP contribution >= 0.6 is 0 Å². The van der Waals surface area contributed by atoms with Gasteiger partial charge in [0.25, 0.3) is 0 Å². The maximum atomic E-state index is 3.62. The highest BCUT2D eigenvalue weighted by atomic mass is 15.1. The molecule has 0 saturated carbocycles. The van der Waals surface area contributed by atoms with E-state index in [1.54, 1.807) is 0 Å². The average Bonchev–Trinajstić information content (AvgIpc) is 2.48. The maximum absolute atomic E-state index is 3.62. The van der Waals surface area contributed by atoms with Gasteiger partial charge in [0.05, 0.1) is 0 Å². The molecule has 1 rings (SSSR count). The van der Waals surface area contributed by atoms with Crippen molar-refractivity contribution in [1.29, 1.82) is 0 Å². The fourth-order valence-electron chi connectivity index (χ4n) is 2.64. The van der Waals surface area contributed by atoms with Crippen LogP contribution in [0.15, 0.2) is 24.3 Å². The molecule has 0 amide bonds. The molecule has 0 fully saturated rings. The van der Waals surface area contributed by atoms with E-state index in [1.807, 2.05) is 0 Å². The number of nitrogens with zero attached hydrogens (tertiary/aromatic N) is 1. The number of anilines is 1. The van der Waals surface area contributed by atoms with Gasteiger partial charge in [0.2, 0.25) is 0 Å². The lowest BCUT2D eigenvalue weighted by molar-refractivity contribution is 0.518. The molecule has 0 spiro atoms. The number of hydrogen-bond donors (Lipinski definition) is 1. The quantitative estimate of drug-likeness (QED) is 0.662. The van der Waals surface area contributed by atoms with E-state index >= 15 is 0 Å². The fraction of sp³-hybridized carbons (Fsp3) is 0.667. The van der Waals surface area contributed by atoms with Gasteiger partial charge in [-0.1, -0.05) is 39.8 Å². The Kier molecular flexibility index (Phi) is 8.36. The Morgan fingerprint density at radius 2 is 1.50 bits per heavy atom. The van der Waals surface area contributed by atoms with Crippen LogP contribution in [0.25, 0.3) is 0 Å². The van der Waals surface area contributed by atoms with E-state index in [0.29, 0.717) is 6.04 Å². The van der Waals surface area contributed by atoms with Gasteiger partial charge in [-0.3, -0.25) is 0 Å². The summed E-state index contributed by atoms with van der Waals surface area (Å²) in [6, 6.07) is 9.66. The Balaban J connectivity index is 2.74. The van der Waals surface area contributed by atoms with Gasteiger partial charge in [0.1, 0.15) is 0 Å². The summed E-state index contributed by atoms with van der Waals surface area (Å²) in [7, 11) is 0. The molecule has 2 nitrogen and oxygen atoms in total. The molecule has 0 heterocycles. The van der Waals surface area contributed by atoms with Crippen LogP contribution in [0, 0.1) is 0 Å². The van der Waals surface area contributed by atoms with E-state index in [4.69, 9.17) is 0 Å². The largest absolute Gasteiger partial charge is 0.372 e. The first-order valence-corrected chi connectivity index (χ1v) is 8.35. The van der Waals surface area contributed by atoms with E-state index in [0.717, 1.165) is 26.1 Å². The number of hydrogen-bond acceptors (Lipinski definition) is 2. The summed E-state index contributed by atoms with van der Waals surface area (Å²) >= 11 is 0. The molecule has 0 aromatic heterocycles. The minimum absolute atomic E-state index is 0.495. The van der Waals surface area contributed by atoms with Gasteiger partial charge < -0.3 is 10.2 Å². The van der Waals surface area contributed by atoms with Crippen LogP contribution in [-0.4, -0.2) is 19.6 Å². The molecule has 0 aliphatic carbocycles. The molecule has 0 radical (unpaired) electrons. The third kappa shape index (κ3) is 5.16. The van der Waals surface area contributed by atoms with Crippen molar-refractivity contribution in [2.75, 3.05) is 24.5 Å². The molecule has 0 aliphatic heterocycles. The van der Waals surface area contributed by atoms with Gasteiger partial charge in [-0.15, -0.1) is 0 Å². The van der Waals surface area contributed by atoms with Gasteiger partial charge in [-0.25, -0.2) is 0 Å². The summed E-state index contributed by atoms with van der Waals surface area (Å²) in [6.45, 7) is 12.4. The second kappa shape index (κ2) is 9.82. The Hall–Kier alpha value is -1.02. The molecule has 114 valence electrons. The van der Waals surface area contributed by atoms with Crippen LogP contribution in [0.3, 0.4) is 0 Å². The van der Waals surface area contributed by atoms with Crippen LogP contribution in [-0.2, 0) is 0 Å². The van der Waals surface area contributed by atoms with Crippen molar-refractivity contribution in [3.8, 4) is 0 Å². The van der Waals surface area contributed by atoms with Crippen LogP contribution < -0.4 is 10.2 Å². The Labute approximate surface area is 125 Å². The highest BCUT2D eigenvalue weighted by molar-refractivity contribution is 5.48. The first-order valence-electron chi connectivity index (χ1n) is 8.35. The fourth-order valence-corrected chi connectivity index (χ4v) is 2.64. The summed E-state index contributed by atoms with van der Waals surface area (Å²) in [5.41, 5.74) is 2.78. The van der Waals surface area contributed by atoms with Crippen LogP contribution in [0.2, 0.25) is 0 Å². The highest BCUT2D eigenvalue weighted by Crippen LogP contribution is 2.21. The topological polar surface area (TPSA) is 15.3 Å². The zero-order valence-corrected chi connectivity index (χ0v) is 13.8. The molecular weight excluding hydrogens is 244 g/mol. The zero-order chi connectivity index (χ0) is 14.8. The minimum Gasteiger partial charge on any atom is -0.372 e. The summed E-state index contributed by atoms with van der Waals surface area (Å²) in [4.78, 5) is 2.49. The van der Waals surface area contributed by atoms with E-state index in [1.165, 1.54) is 30.5 Å². The van der Waals surface area contributed by atoms with Crippen molar-refractivity contribution in [1.82, 2.24) is 5.32 Å². The van der Waals surface area contributed by atoms with Gasteiger partial charge in [-0.05, 0) is 49.9 Å². The van der Waals surface area contributed by atoms with Crippen LogP contribution in [0.1, 0.15) is 65.0 Å². The molecule has 1 unspecified atom stereocenters. The van der Waals surface area contributed by atoms with Gasteiger partial charge in [0.15, 0.2) is 0 Å². The smallest absolute Gasteiger partial charge is 0.0366 e. The van der Waals surface area contributed by atoms with Gasteiger partial charge in [0, 0.05) is 24.8 Å². The van der Waals surface area contributed by atoms with Gasteiger partial charge in [-0.2, -0.15) is 0 Å². The number of benzene rings is 1. The highest BCUT2D eigenvalue weighted by Gasteiger charge is 2.09. The standard InChI is InChI=1S/C18H32N2/c1-5-13-19-18(8-4)16-9-11-17(12-10-16)20(14-6-2)15-7-3/h9-12,18-19H,5-8,13-15H2,1-4H3. The number of nitrogens with one attached hydrogen (secondary N) is 1. The Morgan fingerprint density at radius 3 is 1.95 bits per heavy atom. The SMILES string of the molecule is CCCNC(CC)c1ccc(N(CCC)CCC)cc1. The summed E-state index contributed by atoms with van der Waals surface area (Å²) < 4.78 is 0. The molecule has 1 aromatic carbocycles. The van der Waals surface area contributed by atoms with Crippen molar-refractivity contribution in [2.24, 2.45) is 0 Å². The molecule has 2 heteroatoms. The summed E-state index contributed by atoms with van der Waals surface area (Å²) in [5.74, 6) is 0. The normalized spacial score (nSPS) is 12.4. The van der Waals surface area contributed by atoms with E-state index in [9.17, 15) is 0 Å². The second-order valence-electron chi connectivity index (χ2n) is 5.49. The number of rotatable bonds is 10. The molecule has 1 N–H and O–H groups in total. The summed E-state index contributed by atoms with van der Waals surface area (Å²) in [5, 5.41) is 3.62. The van der Waals surface area contributed by atoms with E-state index in [-0.39, 0.29) is 0 Å². The van der Waals surface area contributed by atoms with Crippen molar-refractivity contribution in [3.63, 3.8) is 0 Å². The monoisotopic (exact) mass is 276 g/mol. The van der Waals surface area contributed by atoms with Crippen LogP contribution in [0.5, 0.6) is 0 Å². The second-order valence-corrected chi connectivity index (χ2v) is 5.49. The maximum Gasteiger partial charge on any atom is 0.0366 e. The zero-order valence-electron chi connectivity index (χ0n) is 13.8. The first-order chi connectivity index (χ1) is 9.76. The molecule has 1 aromatic rings. The Bertz CT molecular complexity index is 339. The lowest BCUT2D eigenvalue weighted by Gasteiger charge is -2.25. The van der Waals surface area contributed by atoms with Gasteiger partial charge >= 0.3 is 0 Å². The predicted molar refractivity (Wildman–Crippen MR) is 90.6 cm³/mol. The van der Waals surface area contributed by atoms with Crippen molar-refractivity contribution >= 4 is 5.69 Å². The molecule has 0 aliphatic rings. The molecule has 1 atom stereocenters. The average molecular weight is 276 g/mol. The molecule has 0 bridgehead atoms. The molecular formula is C18H32N2. The first kappa shape index (κ1) is 17.0. The van der Waals surface area contributed by atoms with E-state index < -0.39 is 0 Å². The Morgan fingerprint density at radius 1 is 0.900 bits per heavy atom. The van der Waals surface area contributed by atoms with Crippen molar-refractivity contribution < 1.29 is 0 Å².